The number of ether oxygens (including phenoxy) is 2. The Hall–Kier alpha value is -0.710. The van der Waals surface area contributed by atoms with Gasteiger partial charge in [0.05, 0.1) is 0 Å². The molecule has 1 saturated heterocycles. The molecule has 17 heavy (non-hydrogen) atoms. The van der Waals surface area contributed by atoms with Gasteiger partial charge in [-0.05, 0) is 31.5 Å². The number of hydrogen-bond acceptors (Lipinski definition) is 4. The van der Waals surface area contributed by atoms with Crippen LogP contribution < -0.4 is 14.8 Å². The molecule has 4 nitrogen and oxygen atoms in total. The molecule has 1 spiro atoms. The van der Waals surface area contributed by atoms with Gasteiger partial charge >= 0.3 is 0 Å². The van der Waals surface area contributed by atoms with Gasteiger partial charge in [-0.3, -0.25) is 0 Å². The molecule has 1 aromatic rings. The number of rotatable bonds is 0. The van der Waals surface area contributed by atoms with E-state index in [1.54, 1.807) is 6.20 Å². The first-order valence-corrected chi connectivity index (χ1v) is 5.36. The molecule has 1 fully saturated rings. The summed E-state index contributed by atoms with van der Waals surface area (Å²) in [4.78, 5) is 4.13. The van der Waals surface area contributed by atoms with E-state index in [1.807, 2.05) is 12.1 Å². The molecule has 96 valence electrons. The highest BCUT2D eigenvalue weighted by atomic mass is 35.5. The van der Waals surface area contributed by atoms with Crippen LogP contribution in [0.5, 0.6) is 11.6 Å². The normalized spacial score (nSPS) is 25.6. The van der Waals surface area contributed by atoms with Crippen LogP contribution in [0.25, 0.3) is 0 Å². The quantitative estimate of drug-likeness (QED) is 0.786. The molecule has 2 aliphatic rings. The largest absolute Gasteiger partial charge is 0.477 e. The van der Waals surface area contributed by atoms with Crippen molar-refractivity contribution in [3.05, 3.63) is 18.3 Å². The van der Waals surface area contributed by atoms with Crippen molar-refractivity contribution in [1.82, 2.24) is 10.3 Å². The Bertz CT molecular complexity index is 370. The van der Waals surface area contributed by atoms with Crippen LogP contribution >= 0.6 is 24.8 Å². The molecule has 0 aliphatic carbocycles. The summed E-state index contributed by atoms with van der Waals surface area (Å²) >= 11 is 0. The molecule has 0 aromatic carbocycles. The molecule has 1 aromatic heterocycles. The predicted octanol–water partition coefficient (Wildman–Crippen LogP) is 1.82. The summed E-state index contributed by atoms with van der Waals surface area (Å²) < 4.78 is 11.7. The van der Waals surface area contributed by atoms with Crippen molar-refractivity contribution in [1.29, 1.82) is 0 Å². The van der Waals surface area contributed by atoms with Gasteiger partial charge in [-0.2, -0.15) is 0 Å². The van der Waals surface area contributed by atoms with Crippen LogP contribution in [0.1, 0.15) is 12.8 Å². The van der Waals surface area contributed by atoms with E-state index in [-0.39, 0.29) is 30.4 Å². The number of fused-ring (bicyclic) bond motifs is 1. The highest BCUT2D eigenvalue weighted by molar-refractivity contribution is 5.85. The van der Waals surface area contributed by atoms with Crippen LogP contribution in [0.15, 0.2) is 18.3 Å². The van der Waals surface area contributed by atoms with Crippen LogP contribution in [0.2, 0.25) is 0 Å². The van der Waals surface area contributed by atoms with E-state index in [1.165, 1.54) is 0 Å². The third kappa shape index (κ3) is 2.76. The fourth-order valence-electron chi connectivity index (χ4n) is 2.18. The van der Waals surface area contributed by atoms with Gasteiger partial charge in [-0.15, -0.1) is 24.8 Å². The predicted molar refractivity (Wildman–Crippen MR) is 69.7 cm³/mol. The lowest BCUT2D eigenvalue weighted by atomic mass is 9.94. The summed E-state index contributed by atoms with van der Waals surface area (Å²) in [5, 5.41) is 3.35. The topological polar surface area (TPSA) is 43.4 Å². The highest BCUT2D eigenvalue weighted by Gasteiger charge is 2.39. The van der Waals surface area contributed by atoms with Gasteiger partial charge in [0.25, 0.3) is 5.88 Å². The van der Waals surface area contributed by atoms with Crippen molar-refractivity contribution in [3.8, 4) is 11.6 Å². The number of aromatic nitrogens is 1. The van der Waals surface area contributed by atoms with Gasteiger partial charge in [0, 0.05) is 12.7 Å². The van der Waals surface area contributed by atoms with E-state index in [4.69, 9.17) is 9.47 Å². The van der Waals surface area contributed by atoms with Gasteiger partial charge in [0.1, 0.15) is 6.61 Å². The number of piperidine rings is 1. The first kappa shape index (κ1) is 14.4. The summed E-state index contributed by atoms with van der Waals surface area (Å²) in [6.07, 6.45) is 3.91. The standard InChI is InChI=1S/C11H14N2O2.2ClH/c1-3-9-10(13-6-1)14-8-11(15-9)4-2-5-12-7-11;;/h1,3,6,12H,2,4-5,7-8H2;2*1H. The van der Waals surface area contributed by atoms with E-state index in [9.17, 15) is 0 Å². The molecule has 0 radical (unpaired) electrons. The van der Waals surface area contributed by atoms with Crippen molar-refractivity contribution in [2.45, 2.75) is 18.4 Å². The van der Waals surface area contributed by atoms with Crippen LogP contribution in [-0.2, 0) is 0 Å². The number of pyridine rings is 1. The third-order valence-electron chi connectivity index (χ3n) is 2.97. The number of nitrogens with zero attached hydrogens (tertiary/aromatic N) is 1. The van der Waals surface area contributed by atoms with Crippen molar-refractivity contribution in [2.24, 2.45) is 0 Å². The van der Waals surface area contributed by atoms with Gasteiger partial charge in [0.2, 0.25) is 0 Å². The van der Waals surface area contributed by atoms with Gasteiger partial charge < -0.3 is 14.8 Å². The number of nitrogens with one attached hydrogen (secondary N) is 1. The summed E-state index contributed by atoms with van der Waals surface area (Å²) in [5.74, 6) is 1.39. The van der Waals surface area contributed by atoms with Crippen molar-refractivity contribution in [2.75, 3.05) is 19.7 Å². The Morgan fingerprint density at radius 1 is 1.35 bits per heavy atom. The van der Waals surface area contributed by atoms with E-state index in [2.05, 4.69) is 10.3 Å². The molecular weight excluding hydrogens is 263 g/mol. The Labute approximate surface area is 113 Å². The zero-order chi connectivity index (χ0) is 10.1. The maximum absolute atomic E-state index is 6.01. The molecule has 1 N–H and O–H groups in total. The Kier molecular flexibility index (Phi) is 4.86. The second kappa shape index (κ2) is 5.76. The van der Waals surface area contributed by atoms with E-state index in [0.29, 0.717) is 12.5 Å². The Morgan fingerprint density at radius 3 is 3.00 bits per heavy atom. The smallest absolute Gasteiger partial charge is 0.257 e. The maximum Gasteiger partial charge on any atom is 0.257 e. The van der Waals surface area contributed by atoms with Crippen LogP contribution in [0, 0.1) is 0 Å². The fourth-order valence-corrected chi connectivity index (χ4v) is 2.18. The molecule has 0 saturated carbocycles. The van der Waals surface area contributed by atoms with Gasteiger partial charge in [0.15, 0.2) is 11.4 Å². The molecule has 3 heterocycles. The molecular formula is C11H16Cl2N2O2. The van der Waals surface area contributed by atoms with Crippen molar-refractivity contribution >= 4 is 24.8 Å². The highest BCUT2D eigenvalue weighted by Crippen LogP contribution is 2.35. The lowest BCUT2D eigenvalue weighted by Crippen LogP contribution is -2.55. The van der Waals surface area contributed by atoms with Crippen LogP contribution in [-0.4, -0.2) is 30.3 Å². The van der Waals surface area contributed by atoms with Gasteiger partial charge in [-0.25, -0.2) is 4.98 Å². The minimum Gasteiger partial charge on any atom is -0.477 e. The van der Waals surface area contributed by atoms with Crippen molar-refractivity contribution in [3.63, 3.8) is 0 Å². The molecule has 0 amide bonds. The average molecular weight is 279 g/mol. The van der Waals surface area contributed by atoms with E-state index >= 15 is 0 Å². The van der Waals surface area contributed by atoms with Crippen molar-refractivity contribution < 1.29 is 9.47 Å². The lowest BCUT2D eigenvalue weighted by molar-refractivity contribution is -0.0277. The minimum atomic E-state index is -0.172. The first-order chi connectivity index (χ1) is 7.38. The zero-order valence-corrected chi connectivity index (χ0v) is 11.0. The second-order valence-electron chi connectivity index (χ2n) is 4.16. The average Bonchev–Trinajstić information content (AvgIpc) is 2.30. The first-order valence-electron chi connectivity index (χ1n) is 5.36. The molecule has 0 bridgehead atoms. The monoisotopic (exact) mass is 278 g/mol. The van der Waals surface area contributed by atoms with E-state index in [0.717, 1.165) is 31.7 Å². The molecule has 1 unspecified atom stereocenters. The molecule has 6 heteroatoms. The number of halogens is 2. The molecule has 2 aliphatic heterocycles. The third-order valence-corrected chi connectivity index (χ3v) is 2.97. The summed E-state index contributed by atoms with van der Waals surface area (Å²) in [5.41, 5.74) is -0.172. The SMILES string of the molecule is Cl.Cl.c1cnc2c(c1)OC1(CCCNC1)CO2. The van der Waals surface area contributed by atoms with E-state index < -0.39 is 0 Å². The van der Waals surface area contributed by atoms with Crippen LogP contribution in [0.4, 0.5) is 0 Å². The Morgan fingerprint density at radius 2 is 2.24 bits per heavy atom. The minimum absolute atomic E-state index is 0. The lowest BCUT2D eigenvalue weighted by Gasteiger charge is -2.40. The summed E-state index contributed by atoms with van der Waals surface area (Å²) in [7, 11) is 0. The summed E-state index contributed by atoms with van der Waals surface area (Å²) in [6, 6.07) is 3.79. The maximum atomic E-state index is 6.01. The number of hydrogen-bond donors (Lipinski definition) is 1. The second-order valence-corrected chi connectivity index (χ2v) is 4.16. The van der Waals surface area contributed by atoms with Crippen LogP contribution in [0.3, 0.4) is 0 Å². The van der Waals surface area contributed by atoms with Gasteiger partial charge in [-0.1, -0.05) is 0 Å². The zero-order valence-electron chi connectivity index (χ0n) is 9.35. The molecule has 3 rings (SSSR count). The fraction of sp³-hybridized carbons (Fsp3) is 0.545. The Balaban J connectivity index is 0.000000722. The molecule has 1 atom stereocenters. The summed E-state index contributed by atoms with van der Waals surface area (Å²) in [6.45, 7) is 2.54.